The second-order valence-electron chi connectivity index (χ2n) is 4.98. The van der Waals surface area contributed by atoms with Gasteiger partial charge in [0.1, 0.15) is 6.04 Å². The van der Waals surface area contributed by atoms with Crippen LogP contribution in [0, 0.1) is 6.92 Å². The van der Waals surface area contributed by atoms with Gasteiger partial charge in [-0.1, -0.05) is 0 Å². The molecular formula is C12H17BrN2O3S2. The Balaban J connectivity index is 2.38. The Labute approximate surface area is 131 Å². The van der Waals surface area contributed by atoms with Gasteiger partial charge in [-0.15, -0.1) is 11.3 Å². The van der Waals surface area contributed by atoms with E-state index in [1.165, 1.54) is 20.5 Å². The molecule has 1 amide bonds. The lowest BCUT2D eigenvalue weighted by Gasteiger charge is -2.25. The summed E-state index contributed by atoms with van der Waals surface area (Å²) in [6.45, 7) is 2.18. The summed E-state index contributed by atoms with van der Waals surface area (Å²) in [5.41, 5.74) is 0. The van der Waals surface area contributed by atoms with Crippen LogP contribution in [0.5, 0.6) is 0 Å². The zero-order chi connectivity index (χ0) is 15.1. The summed E-state index contributed by atoms with van der Waals surface area (Å²) in [4.78, 5) is 14.6. The van der Waals surface area contributed by atoms with E-state index in [9.17, 15) is 13.2 Å². The molecule has 1 aromatic rings. The number of sulfonamides is 1. The summed E-state index contributed by atoms with van der Waals surface area (Å²) in [5, 5.41) is 0. The fourth-order valence-electron chi connectivity index (χ4n) is 2.39. The Morgan fingerprint density at radius 2 is 2.15 bits per heavy atom. The van der Waals surface area contributed by atoms with Crippen LogP contribution in [0.4, 0.5) is 0 Å². The number of carbonyl (C=O) groups is 1. The fraction of sp³-hybridized carbons (Fsp3) is 0.583. The first-order chi connectivity index (χ1) is 9.25. The highest BCUT2D eigenvalue weighted by molar-refractivity contribution is 9.11. The molecule has 1 aliphatic rings. The summed E-state index contributed by atoms with van der Waals surface area (Å²) >= 11 is 4.70. The van der Waals surface area contributed by atoms with Gasteiger partial charge in [-0.2, -0.15) is 4.31 Å². The van der Waals surface area contributed by atoms with Crippen LogP contribution in [0.2, 0.25) is 0 Å². The second-order valence-corrected chi connectivity index (χ2v) is 9.47. The number of carbonyl (C=O) groups excluding carboxylic acids is 1. The standard InChI is InChI=1S/C12H17BrN2O3S2/c1-8-10(7-11(13)19-8)20(17,18)15-6-4-5-9(15)12(16)14(2)3/h7,9H,4-6H2,1-3H3. The SMILES string of the molecule is Cc1sc(Br)cc1S(=O)(=O)N1CCCC1C(=O)N(C)C. The van der Waals surface area contributed by atoms with Crippen molar-refractivity contribution in [2.24, 2.45) is 0 Å². The van der Waals surface area contributed by atoms with Crippen molar-refractivity contribution in [1.29, 1.82) is 0 Å². The van der Waals surface area contributed by atoms with E-state index < -0.39 is 16.1 Å². The highest BCUT2D eigenvalue weighted by Gasteiger charge is 2.40. The molecule has 5 nitrogen and oxygen atoms in total. The van der Waals surface area contributed by atoms with Crippen LogP contribution in [0.3, 0.4) is 0 Å². The first kappa shape index (κ1) is 15.9. The average molecular weight is 381 g/mol. The van der Waals surface area contributed by atoms with Gasteiger partial charge < -0.3 is 4.90 Å². The summed E-state index contributed by atoms with van der Waals surface area (Å²) < 4.78 is 27.6. The number of likely N-dealkylation sites (N-methyl/N-ethyl adjacent to an activating group) is 1. The third-order valence-corrected chi connectivity index (χ3v) is 7.08. The molecule has 1 unspecified atom stereocenters. The minimum absolute atomic E-state index is 0.155. The van der Waals surface area contributed by atoms with Crippen LogP contribution >= 0.6 is 27.3 Å². The lowest BCUT2D eigenvalue weighted by molar-refractivity contribution is -0.132. The molecule has 0 saturated carbocycles. The average Bonchev–Trinajstić information content (AvgIpc) is 2.95. The molecule has 1 aromatic heterocycles. The topological polar surface area (TPSA) is 57.7 Å². The third kappa shape index (κ3) is 2.79. The molecular weight excluding hydrogens is 364 g/mol. The zero-order valence-electron chi connectivity index (χ0n) is 11.6. The molecule has 0 radical (unpaired) electrons. The number of hydrogen-bond donors (Lipinski definition) is 0. The van der Waals surface area contributed by atoms with E-state index in [2.05, 4.69) is 15.9 Å². The van der Waals surface area contributed by atoms with Gasteiger partial charge in [0.25, 0.3) is 0 Å². The van der Waals surface area contributed by atoms with E-state index in [1.54, 1.807) is 27.1 Å². The van der Waals surface area contributed by atoms with Crippen LogP contribution in [0.15, 0.2) is 14.7 Å². The van der Waals surface area contributed by atoms with Crippen molar-refractivity contribution in [2.45, 2.75) is 30.7 Å². The van der Waals surface area contributed by atoms with Crippen molar-refractivity contribution in [1.82, 2.24) is 9.21 Å². The van der Waals surface area contributed by atoms with Gasteiger partial charge in [-0.3, -0.25) is 4.79 Å². The van der Waals surface area contributed by atoms with Crippen LogP contribution in [0.25, 0.3) is 0 Å². The summed E-state index contributed by atoms with van der Waals surface area (Å²) in [7, 11) is -0.309. The van der Waals surface area contributed by atoms with Crippen molar-refractivity contribution >= 4 is 43.2 Å². The largest absolute Gasteiger partial charge is 0.347 e. The molecule has 112 valence electrons. The maximum absolute atomic E-state index is 12.7. The minimum Gasteiger partial charge on any atom is -0.347 e. The second kappa shape index (κ2) is 5.75. The molecule has 8 heteroatoms. The normalized spacial score (nSPS) is 20.3. The number of thiophene rings is 1. The van der Waals surface area contributed by atoms with E-state index in [1.807, 2.05) is 0 Å². The molecule has 0 spiro atoms. The maximum Gasteiger partial charge on any atom is 0.244 e. The molecule has 2 rings (SSSR count). The molecule has 0 bridgehead atoms. The first-order valence-electron chi connectivity index (χ1n) is 6.24. The lowest BCUT2D eigenvalue weighted by atomic mass is 10.2. The van der Waals surface area contributed by atoms with Crippen molar-refractivity contribution in [3.63, 3.8) is 0 Å². The maximum atomic E-state index is 12.7. The molecule has 20 heavy (non-hydrogen) atoms. The van der Waals surface area contributed by atoms with E-state index in [0.29, 0.717) is 24.3 Å². The molecule has 1 fully saturated rings. The smallest absolute Gasteiger partial charge is 0.244 e. The predicted octanol–water partition coefficient (Wildman–Crippen LogP) is 2.06. The number of rotatable bonds is 3. The molecule has 1 saturated heterocycles. The van der Waals surface area contributed by atoms with Crippen molar-refractivity contribution < 1.29 is 13.2 Å². The third-order valence-electron chi connectivity index (χ3n) is 3.36. The van der Waals surface area contributed by atoms with Crippen LogP contribution in [0.1, 0.15) is 17.7 Å². The zero-order valence-corrected chi connectivity index (χ0v) is 14.8. The van der Waals surface area contributed by atoms with Crippen molar-refractivity contribution in [2.75, 3.05) is 20.6 Å². The van der Waals surface area contributed by atoms with Gasteiger partial charge in [-0.25, -0.2) is 8.42 Å². The Bertz CT molecular complexity index is 625. The Morgan fingerprint density at radius 1 is 1.50 bits per heavy atom. The van der Waals surface area contributed by atoms with Gasteiger partial charge in [0.15, 0.2) is 0 Å². The predicted molar refractivity (Wildman–Crippen MR) is 82.4 cm³/mol. The van der Waals surface area contributed by atoms with E-state index in [0.717, 1.165) is 8.66 Å². The van der Waals surface area contributed by atoms with Gasteiger partial charge in [-0.05, 0) is 41.8 Å². The number of nitrogens with zero attached hydrogens (tertiary/aromatic N) is 2. The van der Waals surface area contributed by atoms with Crippen LogP contribution in [-0.4, -0.2) is 50.2 Å². The number of aryl methyl sites for hydroxylation is 1. The summed E-state index contributed by atoms with van der Waals surface area (Å²) in [6.07, 6.45) is 1.30. The number of amides is 1. The van der Waals surface area contributed by atoms with Crippen LogP contribution < -0.4 is 0 Å². The van der Waals surface area contributed by atoms with E-state index in [4.69, 9.17) is 0 Å². The Hall–Kier alpha value is -0.440. The van der Waals surface area contributed by atoms with Gasteiger partial charge >= 0.3 is 0 Å². The summed E-state index contributed by atoms with van der Waals surface area (Å²) in [5.74, 6) is -0.155. The Morgan fingerprint density at radius 3 is 2.65 bits per heavy atom. The van der Waals surface area contributed by atoms with Crippen LogP contribution in [-0.2, 0) is 14.8 Å². The molecule has 2 heterocycles. The quantitative estimate of drug-likeness (QED) is 0.806. The molecule has 0 N–H and O–H groups in total. The Kier molecular flexibility index (Phi) is 4.58. The monoisotopic (exact) mass is 380 g/mol. The number of halogens is 1. The first-order valence-corrected chi connectivity index (χ1v) is 9.29. The van der Waals surface area contributed by atoms with E-state index in [-0.39, 0.29) is 5.91 Å². The highest BCUT2D eigenvalue weighted by Crippen LogP contribution is 2.34. The molecule has 0 aliphatic carbocycles. The molecule has 1 aliphatic heterocycles. The van der Waals surface area contributed by atoms with Gasteiger partial charge in [0, 0.05) is 25.5 Å². The highest BCUT2D eigenvalue weighted by atomic mass is 79.9. The van der Waals surface area contributed by atoms with Crippen molar-refractivity contribution in [3.8, 4) is 0 Å². The van der Waals surface area contributed by atoms with Gasteiger partial charge in [0.2, 0.25) is 15.9 Å². The van der Waals surface area contributed by atoms with Gasteiger partial charge in [0.05, 0.1) is 8.68 Å². The lowest BCUT2D eigenvalue weighted by Crippen LogP contribution is -2.45. The molecule has 1 atom stereocenters. The van der Waals surface area contributed by atoms with E-state index >= 15 is 0 Å². The van der Waals surface area contributed by atoms with Crippen molar-refractivity contribution in [3.05, 3.63) is 14.7 Å². The molecule has 0 aromatic carbocycles. The summed E-state index contributed by atoms with van der Waals surface area (Å²) in [6, 6.07) is 1.04. The number of hydrogen-bond acceptors (Lipinski definition) is 4. The fourth-order valence-corrected chi connectivity index (χ4v) is 6.42. The minimum atomic E-state index is -3.61.